The lowest BCUT2D eigenvalue weighted by atomic mass is 10.1. The molecule has 0 bridgehead atoms. The van der Waals surface area contributed by atoms with E-state index in [0.29, 0.717) is 12.2 Å². The fourth-order valence-corrected chi connectivity index (χ4v) is 3.06. The number of nitrogens with one attached hydrogen (secondary N) is 2. The van der Waals surface area contributed by atoms with Crippen molar-refractivity contribution in [2.45, 2.75) is 26.3 Å². The third-order valence-electron chi connectivity index (χ3n) is 3.06. The van der Waals surface area contributed by atoms with Crippen molar-refractivity contribution < 1.29 is 8.42 Å². The summed E-state index contributed by atoms with van der Waals surface area (Å²) in [6.07, 6.45) is 0.553. The molecule has 0 saturated heterocycles. The summed E-state index contributed by atoms with van der Waals surface area (Å²) in [4.78, 5) is 0. The first-order chi connectivity index (χ1) is 10.5. The summed E-state index contributed by atoms with van der Waals surface area (Å²) >= 11 is 0. The topological polar surface area (TPSA) is 84.0 Å². The molecule has 1 aromatic carbocycles. The lowest BCUT2D eigenvalue weighted by Gasteiger charge is -2.14. The first kappa shape index (κ1) is 16.2. The molecule has 0 amide bonds. The molecule has 0 aliphatic heterocycles. The molecule has 2 rings (SSSR count). The molecule has 1 unspecified atom stereocenters. The van der Waals surface area contributed by atoms with E-state index in [2.05, 4.69) is 20.2 Å². The van der Waals surface area contributed by atoms with Crippen LogP contribution in [-0.2, 0) is 10.0 Å². The van der Waals surface area contributed by atoms with Crippen molar-refractivity contribution in [1.82, 2.24) is 10.2 Å². The summed E-state index contributed by atoms with van der Waals surface area (Å²) in [5.74, 6) is 0.890. The monoisotopic (exact) mass is 320 g/mol. The van der Waals surface area contributed by atoms with Gasteiger partial charge in [0.2, 0.25) is 10.0 Å². The molecule has 2 aromatic rings. The Morgan fingerprint density at radius 3 is 2.27 bits per heavy atom. The van der Waals surface area contributed by atoms with Crippen LogP contribution in [0.2, 0.25) is 0 Å². The van der Waals surface area contributed by atoms with Crippen LogP contribution in [0, 0.1) is 0 Å². The Labute approximate surface area is 131 Å². The maximum atomic E-state index is 11.7. The van der Waals surface area contributed by atoms with Crippen molar-refractivity contribution in [3.63, 3.8) is 0 Å². The average Bonchev–Trinajstić information content (AvgIpc) is 2.49. The van der Waals surface area contributed by atoms with Gasteiger partial charge in [0.1, 0.15) is 5.82 Å². The van der Waals surface area contributed by atoms with Gasteiger partial charge in [-0.05, 0) is 31.0 Å². The van der Waals surface area contributed by atoms with Crippen LogP contribution in [0.3, 0.4) is 0 Å². The van der Waals surface area contributed by atoms with Gasteiger partial charge in [-0.3, -0.25) is 4.72 Å². The fourth-order valence-electron chi connectivity index (χ4n) is 1.99. The Kier molecular flexibility index (Phi) is 5.32. The van der Waals surface area contributed by atoms with Crippen molar-refractivity contribution in [3.05, 3.63) is 48.0 Å². The maximum absolute atomic E-state index is 11.7. The maximum Gasteiger partial charge on any atom is 0.233 e. The molecule has 0 aliphatic rings. The Morgan fingerprint density at radius 2 is 1.68 bits per heavy atom. The molecule has 0 radical (unpaired) electrons. The highest BCUT2D eigenvalue weighted by molar-refractivity contribution is 7.92. The van der Waals surface area contributed by atoms with E-state index in [-0.39, 0.29) is 17.6 Å². The van der Waals surface area contributed by atoms with E-state index in [4.69, 9.17) is 0 Å². The minimum atomic E-state index is -3.34. The van der Waals surface area contributed by atoms with Gasteiger partial charge in [0.15, 0.2) is 5.82 Å². The van der Waals surface area contributed by atoms with E-state index in [1.54, 1.807) is 12.1 Å². The molecule has 7 heteroatoms. The summed E-state index contributed by atoms with van der Waals surface area (Å²) in [6.45, 7) is 3.83. The second kappa shape index (κ2) is 7.22. The van der Waals surface area contributed by atoms with Gasteiger partial charge in [0.05, 0.1) is 5.75 Å². The predicted molar refractivity (Wildman–Crippen MR) is 88.2 cm³/mol. The van der Waals surface area contributed by atoms with Gasteiger partial charge in [-0.2, -0.15) is 0 Å². The molecule has 0 fully saturated rings. The zero-order chi connectivity index (χ0) is 16.0. The third-order valence-corrected chi connectivity index (χ3v) is 4.53. The van der Waals surface area contributed by atoms with Crippen LogP contribution >= 0.6 is 0 Å². The Balaban J connectivity index is 2.00. The molecule has 118 valence electrons. The van der Waals surface area contributed by atoms with Crippen LogP contribution in [0.1, 0.15) is 31.9 Å². The SMILES string of the molecule is CCCS(=O)(=O)Nc1ccc(NC(C)c2ccccc2)nn1. The summed E-state index contributed by atoms with van der Waals surface area (Å²) in [7, 11) is -3.34. The van der Waals surface area contributed by atoms with E-state index in [9.17, 15) is 8.42 Å². The van der Waals surface area contributed by atoms with E-state index in [1.807, 2.05) is 44.2 Å². The summed E-state index contributed by atoms with van der Waals surface area (Å²) in [5.41, 5.74) is 1.14. The van der Waals surface area contributed by atoms with Gasteiger partial charge < -0.3 is 5.32 Å². The highest BCUT2D eigenvalue weighted by Gasteiger charge is 2.10. The van der Waals surface area contributed by atoms with E-state index in [1.165, 1.54) is 0 Å². The van der Waals surface area contributed by atoms with Crippen molar-refractivity contribution in [2.24, 2.45) is 0 Å². The van der Waals surface area contributed by atoms with Crippen LogP contribution in [0.15, 0.2) is 42.5 Å². The number of hydrogen-bond acceptors (Lipinski definition) is 5. The minimum Gasteiger partial charge on any atom is -0.362 e. The second-order valence-electron chi connectivity index (χ2n) is 5.00. The highest BCUT2D eigenvalue weighted by atomic mass is 32.2. The van der Waals surface area contributed by atoms with Crippen molar-refractivity contribution in [2.75, 3.05) is 15.8 Å². The normalized spacial score (nSPS) is 12.6. The van der Waals surface area contributed by atoms with Crippen LogP contribution in [0.5, 0.6) is 0 Å². The molecule has 0 saturated carbocycles. The molecule has 22 heavy (non-hydrogen) atoms. The first-order valence-electron chi connectivity index (χ1n) is 7.16. The minimum absolute atomic E-state index is 0.0692. The zero-order valence-corrected chi connectivity index (χ0v) is 13.5. The van der Waals surface area contributed by atoms with Gasteiger partial charge in [-0.15, -0.1) is 10.2 Å². The van der Waals surface area contributed by atoms with Crippen molar-refractivity contribution in [1.29, 1.82) is 0 Å². The standard InChI is InChI=1S/C15H20N4O2S/c1-3-11-22(20,21)19-15-10-9-14(17-18-15)16-12(2)13-7-5-4-6-8-13/h4-10,12H,3,11H2,1-2H3,(H,16,17)(H,18,19). The molecule has 6 nitrogen and oxygen atoms in total. The number of aromatic nitrogens is 2. The van der Waals surface area contributed by atoms with Crippen molar-refractivity contribution >= 4 is 21.7 Å². The molecular weight excluding hydrogens is 300 g/mol. The fraction of sp³-hybridized carbons (Fsp3) is 0.333. The van der Waals surface area contributed by atoms with Gasteiger partial charge in [-0.1, -0.05) is 37.3 Å². The number of anilines is 2. The number of rotatable bonds is 7. The molecular formula is C15H20N4O2S. The Hall–Kier alpha value is -2.15. The quantitative estimate of drug-likeness (QED) is 0.819. The van der Waals surface area contributed by atoms with Crippen LogP contribution in [0.25, 0.3) is 0 Å². The van der Waals surface area contributed by atoms with Gasteiger partial charge in [0.25, 0.3) is 0 Å². The van der Waals surface area contributed by atoms with Gasteiger partial charge in [-0.25, -0.2) is 8.42 Å². The molecule has 2 N–H and O–H groups in total. The smallest absolute Gasteiger partial charge is 0.233 e. The average molecular weight is 320 g/mol. The van der Waals surface area contributed by atoms with Crippen molar-refractivity contribution in [3.8, 4) is 0 Å². The number of hydrogen-bond donors (Lipinski definition) is 2. The Bertz CT molecular complexity index is 687. The molecule has 1 aromatic heterocycles. The molecule has 0 aliphatic carbocycles. The summed E-state index contributed by atoms with van der Waals surface area (Å²) < 4.78 is 25.7. The second-order valence-corrected chi connectivity index (χ2v) is 6.84. The lowest BCUT2D eigenvalue weighted by Crippen LogP contribution is -2.17. The van der Waals surface area contributed by atoms with E-state index in [0.717, 1.165) is 5.56 Å². The van der Waals surface area contributed by atoms with Gasteiger partial charge in [0, 0.05) is 6.04 Å². The van der Waals surface area contributed by atoms with Crippen LogP contribution in [-0.4, -0.2) is 24.4 Å². The molecule has 1 heterocycles. The van der Waals surface area contributed by atoms with Crippen LogP contribution in [0.4, 0.5) is 11.6 Å². The molecule has 0 spiro atoms. The first-order valence-corrected chi connectivity index (χ1v) is 8.81. The predicted octanol–water partition coefficient (Wildman–Crippen LogP) is 2.80. The largest absolute Gasteiger partial charge is 0.362 e. The molecule has 1 atom stereocenters. The summed E-state index contributed by atoms with van der Waals surface area (Å²) in [5, 5.41) is 11.1. The zero-order valence-electron chi connectivity index (χ0n) is 12.7. The Morgan fingerprint density at radius 1 is 1.05 bits per heavy atom. The van der Waals surface area contributed by atoms with E-state index < -0.39 is 10.0 Å². The highest BCUT2D eigenvalue weighted by Crippen LogP contribution is 2.17. The number of nitrogens with zero attached hydrogens (tertiary/aromatic N) is 2. The van der Waals surface area contributed by atoms with Gasteiger partial charge >= 0.3 is 0 Å². The summed E-state index contributed by atoms with van der Waals surface area (Å²) in [6, 6.07) is 13.4. The lowest BCUT2D eigenvalue weighted by molar-refractivity contribution is 0.599. The third kappa shape index (κ3) is 4.70. The number of benzene rings is 1. The van der Waals surface area contributed by atoms with Crippen LogP contribution < -0.4 is 10.0 Å². The number of sulfonamides is 1. The van der Waals surface area contributed by atoms with E-state index >= 15 is 0 Å².